The van der Waals surface area contributed by atoms with Gasteiger partial charge in [-0.1, -0.05) is 37.1 Å². The molecule has 0 spiro atoms. The summed E-state index contributed by atoms with van der Waals surface area (Å²) in [4.78, 5) is 0. The number of aliphatic hydroxyl groups is 1. The molecule has 0 aliphatic carbocycles. The van der Waals surface area contributed by atoms with E-state index in [1.165, 1.54) is 31.4 Å². The summed E-state index contributed by atoms with van der Waals surface area (Å²) >= 11 is 0. The van der Waals surface area contributed by atoms with Gasteiger partial charge in [0.05, 0.1) is 6.10 Å². The largest absolute Gasteiger partial charge is 0.457 e. The van der Waals surface area contributed by atoms with E-state index in [-0.39, 0.29) is 5.82 Å². The molecule has 1 aliphatic rings. The van der Waals surface area contributed by atoms with E-state index in [0.29, 0.717) is 17.9 Å². The summed E-state index contributed by atoms with van der Waals surface area (Å²) in [5.74, 6) is 1.53. The fourth-order valence-electron chi connectivity index (χ4n) is 3.75. The Morgan fingerprint density at radius 3 is 2.85 bits per heavy atom. The number of rotatable bonds is 8. The van der Waals surface area contributed by atoms with Crippen molar-refractivity contribution in [3.8, 4) is 11.5 Å². The van der Waals surface area contributed by atoms with Crippen LogP contribution in [-0.2, 0) is 0 Å². The first kappa shape index (κ1) is 19.8. The van der Waals surface area contributed by atoms with E-state index < -0.39 is 6.10 Å². The van der Waals surface area contributed by atoms with Crippen molar-refractivity contribution in [3.05, 3.63) is 59.4 Å². The van der Waals surface area contributed by atoms with Crippen LogP contribution in [-0.4, -0.2) is 18.2 Å². The molecule has 2 atom stereocenters. The summed E-state index contributed by atoms with van der Waals surface area (Å²) in [6, 6.07) is 12.0. The minimum atomic E-state index is -0.570. The maximum absolute atomic E-state index is 13.5. The van der Waals surface area contributed by atoms with Gasteiger partial charge in [-0.3, -0.25) is 0 Å². The minimum Gasteiger partial charge on any atom is -0.457 e. The number of ether oxygens (including phenoxy) is 1. The maximum Gasteiger partial charge on any atom is 0.133 e. The first-order chi connectivity index (χ1) is 13.1. The van der Waals surface area contributed by atoms with Gasteiger partial charge in [-0.25, -0.2) is 4.39 Å². The SMILES string of the molecule is Cc1ccc(F)cc1Oc1ccccc1[C@@H](O)CCCC[C@@H]1CCCNC1. The van der Waals surface area contributed by atoms with Gasteiger partial charge in [-0.05, 0) is 69.3 Å². The second-order valence-electron chi connectivity index (χ2n) is 7.56. The van der Waals surface area contributed by atoms with Crippen LogP contribution in [0.5, 0.6) is 11.5 Å². The second-order valence-corrected chi connectivity index (χ2v) is 7.56. The normalized spacial score (nSPS) is 18.3. The molecule has 27 heavy (non-hydrogen) atoms. The van der Waals surface area contributed by atoms with Crippen LogP contribution in [0.1, 0.15) is 55.8 Å². The Hall–Kier alpha value is -1.91. The van der Waals surface area contributed by atoms with Crippen molar-refractivity contribution in [1.82, 2.24) is 5.32 Å². The molecule has 2 aromatic carbocycles. The van der Waals surface area contributed by atoms with E-state index in [9.17, 15) is 9.50 Å². The number of unbranched alkanes of at least 4 members (excludes halogenated alkanes) is 1. The molecule has 0 amide bonds. The number of piperidine rings is 1. The zero-order valence-corrected chi connectivity index (χ0v) is 16.1. The van der Waals surface area contributed by atoms with Crippen LogP contribution in [0, 0.1) is 18.7 Å². The number of halogens is 1. The van der Waals surface area contributed by atoms with Gasteiger partial charge in [-0.15, -0.1) is 0 Å². The summed E-state index contributed by atoms with van der Waals surface area (Å²) in [6.07, 6.45) is 6.08. The van der Waals surface area contributed by atoms with Crippen molar-refractivity contribution in [2.75, 3.05) is 13.1 Å². The van der Waals surface area contributed by atoms with Crippen molar-refractivity contribution < 1.29 is 14.2 Å². The summed E-state index contributed by atoms with van der Waals surface area (Å²) in [5, 5.41) is 14.1. The molecular weight excluding hydrogens is 341 g/mol. The maximum atomic E-state index is 13.5. The van der Waals surface area contributed by atoms with Crippen LogP contribution >= 0.6 is 0 Å². The van der Waals surface area contributed by atoms with Crippen molar-refractivity contribution in [2.45, 2.75) is 51.6 Å². The fourth-order valence-corrected chi connectivity index (χ4v) is 3.75. The average Bonchev–Trinajstić information content (AvgIpc) is 2.69. The van der Waals surface area contributed by atoms with Crippen LogP contribution in [0.25, 0.3) is 0 Å². The van der Waals surface area contributed by atoms with E-state index in [0.717, 1.165) is 43.0 Å². The van der Waals surface area contributed by atoms with Gasteiger partial charge in [-0.2, -0.15) is 0 Å². The number of para-hydroxylation sites is 1. The van der Waals surface area contributed by atoms with Crippen molar-refractivity contribution in [2.24, 2.45) is 5.92 Å². The highest BCUT2D eigenvalue weighted by Gasteiger charge is 2.16. The Kier molecular flexibility index (Phi) is 7.25. The number of nitrogens with one attached hydrogen (secondary N) is 1. The minimum absolute atomic E-state index is 0.328. The third-order valence-electron chi connectivity index (χ3n) is 5.39. The molecule has 4 heteroatoms. The quantitative estimate of drug-likeness (QED) is 0.600. The molecular formula is C23H30FNO2. The van der Waals surface area contributed by atoms with E-state index in [1.54, 1.807) is 6.07 Å². The first-order valence-corrected chi connectivity index (χ1v) is 10.0. The van der Waals surface area contributed by atoms with Crippen LogP contribution in [0.4, 0.5) is 4.39 Å². The number of aryl methyl sites for hydroxylation is 1. The fraction of sp³-hybridized carbons (Fsp3) is 0.478. The van der Waals surface area contributed by atoms with E-state index in [1.807, 2.05) is 31.2 Å². The molecule has 2 aromatic rings. The highest BCUT2D eigenvalue weighted by atomic mass is 19.1. The van der Waals surface area contributed by atoms with Crippen molar-refractivity contribution >= 4 is 0 Å². The number of benzene rings is 2. The lowest BCUT2D eigenvalue weighted by molar-refractivity contribution is 0.159. The monoisotopic (exact) mass is 371 g/mol. The molecule has 3 rings (SSSR count). The Bertz CT molecular complexity index is 728. The van der Waals surface area contributed by atoms with E-state index in [4.69, 9.17) is 4.74 Å². The lowest BCUT2D eigenvalue weighted by Crippen LogP contribution is -2.29. The smallest absolute Gasteiger partial charge is 0.133 e. The Morgan fingerprint density at radius 2 is 2.04 bits per heavy atom. The number of hydrogen-bond acceptors (Lipinski definition) is 3. The van der Waals surface area contributed by atoms with Gasteiger partial charge in [0.2, 0.25) is 0 Å². The van der Waals surface area contributed by atoms with Gasteiger partial charge in [0.1, 0.15) is 17.3 Å². The van der Waals surface area contributed by atoms with Crippen LogP contribution < -0.4 is 10.1 Å². The van der Waals surface area contributed by atoms with Crippen LogP contribution in [0.15, 0.2) is 42.5 Å². The molecule has 1 saturated heterocycles. The molecule has 146 valence electrons. The van der Waals surface area contributed by atoms with Crippen molar-refractivity contribution in [1.29, 1.82) is 0 Å². The Morgan fingerprint density at radius 1 is 1.19 bits per heavy atom. The summed E-state index contributed by atoms with van der Waals surface area (Å²) in [7, 11) is 0. The summed E-state index contributed by atoms with van der Waals surface area (Å²) in [6.45, 7) is 4.16. The third kappa shape index (κ3) is 5.78. The molecule has 1 heterocycles. The molecule has 2 N–H and O–H groups in total. The number of aliphatic hydroxyl groups excluding tert-OH is 1. The first-order valence-electron chi connectivity index (χ1n) is 10.0. The van der Waals surface area contributed by atoms with Gasteiger partial charge in [0.25, 0.3) is 0 Å². The highest BCUT2D eigenvalue weighted by Crippen LogP contribution is 2.33. The van der Waals surface area contributed by atoms with E-state index in [2.05, 4.69) is 5.32 Å². The highest BCUT2D eigenvalue weighted by molar-refractivity contribution is 5.42. The number of hydrogen-bond donors (Lipinski definition) is 2. The average molecular weight is 371 g/mol. The summed E-state index contributed by atoms with van der Waals surface area (Å²) in [5.41, 5.74) is 1.63. The van der Waals surface area contributed by atoms with Crippen LogP contribution in [0.2, 0.25) is 0 Å². The van der Waals surface area contributed by atoms with E-state index >= 15 is 0 Å². The Labute approximate surface area is 161 Å². The molecule has 0 aromatic heterocycles. The lowest BCUT2D eigenvalue weighted by atomic mass is 9.92. The standard InChI is InChI=1S/C23H30FNO2/c1-17-12-13-19(24)15-23(17)27-22-11-5-3-9-20(22)21(26)10-4-2-7-18-8-6-14-25-16-18/h3,5,9,11-13,15,18,21,25-26H,2,4,6-8,10,14,16H2,1H3/t18-,21+/m1/s1. The van der Waals surface area contributed by atoms with Gasteiger partial charge >= 0.3 is 0 Å². The lowest BCUT2D eigenvalue weighted by Gasteiger charge is -2.22. The van der Waals surface area contributed by atoms with Crippen molar-refractivity contribution in [3.63, 3.8) is 0 Å². The van der Waals surface area contributed by atoms with Gasteiger partial charge < -0.3 is 15.2 Å². The third-order valence-corrected chi connectivity index (χ3v) is 5.39. The van der Waals surface area contributed by atoms with Gasteiger partial charge in [0, 0.05) is 11.6 Å². The zero-order chi connectivity index (χ0) is 19.1. The molecule has 0 radical (unpaired) electrons. The van der Waals surface area contributed by atoms with Crippen LogP contribution in [0.3, 0.4) is 0 Å². The predicted molar refractivity (Wildman–Crippen MR) is 107 cm³/mol. The molecule has 0 saturated carbocycles. The molecule has 1 aliphatic heterocycles. The zero-order valence-electron chi connectivity index (χ0n) is 16.1. The summed E-state index contributed by atoms with van der Waals surface area (Å²) < 4.78 is 19.5. The Balaban J connectivity index is 1.56. The molecule has 1 fully saturated rings. The van der Waals surface area contributed by atoms with Gasteiger partial charge in [0.15, 0.2) is 0 Å². The molecule has 0 unspecified atom stereocenters. The predicted octanol–water partition coefficient (Wildman–Crippen LogP) is 5.52. The second kappa shape index (κ2) is 9.86. The molecule has 3 nitrogen and oxygen atoms in total. The topological polar surface area (TPSA) is 41.5 Å². The molecule has 0 bridgehead atoms.